The topological polar surface area (TPSA) is 113 Å². The quantitative estimate of drug-likeness (QED) is 0.410. The van der Waals surface area contributed by atoms with Gasteiger partial charge < -0.3 is 20.1 Å². The summed E-state index contributed by atoms with van der Waals surface area (Å²) in [7, 11) is 0. The summed E-state index contributed by atoms with van der Waals surface area (Å²) in [6, 6.07) is -1.32. The van der Waals surface area contributed by atoms with Crippen molar-refractivity contribution in [1.82, 2.24) is 10.2 Å². The lowest BCUT2D eigenvalue weighted by Crippen LogP contribution is -2.68. The minimum Gasteiger partial charge on any atom is -0.479 e. The third-order valence-corrected chi connectivity index (χ3v) is 5.27. The first-order valence-electron chi connectivity index (χ1n) is 6.79. The van der Waals surface area contributed by atoms with E-state index in [9.17, 15) is 24.3 Å². The number of carboxylic acids is 1. The average molecular weight is 363 g/mol. The Balaban J connectivity index is 2.38. The smallest absolute Gasteiger partial charge is 0.331 e. The van der Waals surface area contributed by atoms with Crippen LogP contribution < -0.4 is 5.32 Å². The van der Waals surface area contributed by atoms with E-state index < -0.39 is 40.5 Å². The van der Waals surface area contributed by atoms with Gasteiger partial charge in [0.05, 0.1) is 5.03 Å². The van der Waals surface area contributed by atoms with E-state index in [1.807, 2.05) is 0 Å². The molecule has 0 aliphatic carbocycles. The fourth-order valence-corrected chi connectivity index (χ4v) is 4.00. The van der Waals surface area contributed by atoms with Gasteiger partial charge in [-0.15, -0.1) is 11.6 Å². The maximum absolute atomic E-state index is 11.9. The van der Waals surface area contributed by atoms with Gasteiger partial charge >= 0.3 is 11.9 Å². The molecule has 8 nitrogen and oxygen atoms in total. The Bertz CT molecular complexity index is 607. The maximum atomic E-state index is 11.9. The van der Waals surface area contributed by atoms with Gasteiger partial charge in [-0.25, -0.2) is 4.79 Å². The number of rotatable bonds is 5. The van der Waals surface area contributed by atoms with Gasteiger partial charge in [0.15, 0.2) is 6.04 Å². The second-order valence-electron chi connectivity index (χ2n) is 4.95. The largest absolute Gasteiger partial charge is 0.479 e. The number of thioether (sulfide) groups is 1. The molecule has 0 aromatic heterocycles. The van der Waals surface area contributed by atoms with Crippen LogP contribution in [0, 0.1) is 0 Å². The van der Waals surface area contributed by atoms with Crippen LogP contribution in [-0.4, -0.2) is 57.2 Å². The number of carboxylic acid groups (broad SMARTS) is 1. The number of halogens is 1. The zero-order valence-electron chi connectivity index (χ0n) is 12.4. The van der Waals surface area contributed by atoms with Crippen molar-refractivity contribution in [2.75, 3.05) is 6.61 Å². The Hall–Kier alpha value is -1.74. The van der Waals surface area contributed by atoms with E-state index in [-0.39, 0.29) is 23.6 Å². The molecule has 10 heteroatoms. The molecule has 2 unspecified atom stereocenters. The van der Waals surface area contributed by atoms with Gasteiger partial charge in [0, 0.05) is 18.9 Å². The van der Waals surface area contributed by atoms with Crippen LogP contribution in [0.5, 0.6) is 0 Å². The fourth-order valence-electron chi connectivity index (χ4n) is 2.27. The molecular formula is C13H15ClN2O6S. The van der Waals surface area contributed by atoms with Gasteiger partial charge in [-0.2, -0.15) is 0 Å². The van der Waals surface area contributed by atoms with Crippen LogP contribution in [0.3, 0.4) is 0 Å². The normalized spacial score (nSPS) is 26.3. The summed E-state index contributed by atoms with van der Waals surface area (Å²) in [5.41, 5.74) is 0.146. The maximum Gasteiger partial charge on any atom is 0.331 e. The average Bonchev–Trinajstić information content (AvgIpc) is 2.50. The van der Waals surface area contributed by atoms with E-state index in [0.717, 1.165) is 16.7 Å². The minimum absolute atomic E-state index is 0.128. The van der Waals surface area contributed by atoms with Crippen molar-refractivity contribution in [3.05, 3.63) is 10.6 Å². The van der Waals surface area contributed by atoms with Gasteiger partial charge in [0.1, 0.15) is 17.4 Å². The van der Waals surface area contributed by atoms with Gasteiger partial charge in [-0.1, -0.05) is 18.7 Å². The van der Waals surface area contributed by atoms with E-state index in [4.69, 9.17) is 16.3 Å². The van der Waals surface area contributed by atoms with Crippen LogP contribution in [-0.2, 0) is 23.9 Å². The van der Waals surface area contributed by atoms with Crippen LogP contribution in [0.2, 0.25) is 0 Å². The number of carbonyl (C=O) groups excluding carboxylic acids is 3. The second kappa shape index (κ2) is 6.79. The first kappa shape index (κ1) is 17.6. The van der Waals surface area contributed by atoms with Gasteiger partial charge in [-0.3, -0.25) is 14.4 Å². The molecular weight excluding hydrogens is 348 g/mol. The number of β-lactam (4-membered cyclic amide) rings is 1. The third kappa shape index (κ3) is 3.30. The van der Waals surface area contributed by atoms with Crippen LogP contribution in [0.25, 0.3) is 0 Å². The molecule has 0 spiro atoms. The molecule has 0 aromatic carbocycles. The number of aliphatic carboxylic acids is 1. The van der Waals surface area contributed by atoms with Crippen LogP contribution in [0.15, 0.2) is 10.6 Å². The zero-order chi connectivity index (χ0) is 17.3. The van der Waals surface area contributed by atoms with Gasteiger partial charge in [0.25, 0.3) is 0 Å². The number of carbonyl (C=O) groups is 4. The third-order valence-electron chi connectivity index (χ3n) is 3.35. The Morgan fingerprint density at radius 1 is 1.43 bits per heavy atom. The Labute approximate surface area is 141 Å². The minimum atomic E-state index is -1.32. The molecule has 126 valence electrons. The highest BCUT2D eigenvalue weighted by Gasteiger charge is 2.56. The van der Waals surface area contributed by atoms with E-state index in [2.05, 4.69) is 5.32 Å². The van der Waals surface area contributed by atoms with Crippen LogP contribution in [0.4, 0.5) is 0 Å². The van der Waals surface area contributed by atoms with E-state index in [0.29, 0.717) is 0 Å². The lowest BCUT2D eigenvalue weighted by molar-refractivity contribution is -0.156. The molecule has 0 bridgehead atoms. The van der Waals surface area contributed by atoms with Crippen molar-refractivity contribution in [2.45, 2.75) is 37.1 Å². The molecule has 23 heavy (non-hydrogen) atoms. The second-order valence-corrected chi connectivity index (χ2v) is 6.54. The fraction of sp³-hybridized carbons (Fsp3) is 0.538. The number of amides is 2. The van der Waals surface area contributed by atoms with Crippen LogP contribution in [0.1, 0.15) is 20.3 Å². The molecule has 2 N–H and O–H groups in total. The Morgan fingerprint density at radius 2 is 2.09 bits per heavy atom. The number of fused-ring (bicyclic) bond motifs is 1. The summed E-state index contributed by atoms with van der Waals surface area (Å²) >= 11 is 6.99. The summed E-state index contributed by atoms with van der Waals surface area (Å²) in [6.45, 7) is 2.55. The van der Waals surface area contributed by atoms with Crippen molar-refractivity contribution in [2.24, 2.45) is 0 Å². The first-order chi connectivity index (χ1) is 10.8. The van der Waals surface area contributed by atoms with Crippen molar-refractivity contribution in [3.8, 4) is 0 Å². The molecule has 0 aromatic rings. The highest BCUT2D eigenvalue weighted by molar-refractivity contribution is 8.03. The lowest BCUT2D eigenvalue weighted by atomic mass is 10.0. The molecule has 2 rings (SSSR count). The number of nitrogens with one attached hydrogen (secondary N) is 1. The van der Waals surface area contributed by atoms with Crippen molar-refractivity contribution >= 4 is 47.1 Å². The van der Waals surface area contributed by atoms with Gasteiger partial charge in [0.2, 0.25) is 11.8 Å². The number of hydrogen-bond acceptors (Lipinski definition) is 6. The number of alkyl halides is 1. The predicted molar refractivity (Wildman–Crippen MR) is 81.4 cm³/mol. The highest BCUT2D eigenvalue weighted by atomic mass is 35.5. The van der Waals surface area contributed by atoms with Crippen molar-refractivity contribution < 1.29 is 29.0 Å². The summed E-state index contributed by atoms with van der Waals surface area (Å²) in [5.74, 6) is -2.70. The summed E-state index contributed by atoms with van der Waals surface area (Å²) in [5, 5.41) is 10.8. The van der Waals surface area contributed by atoms with Crippen molar-refractivity contribution in [3.63, 3.8) is 0 Å². The SMILES string of the molecule is CCC(=O)OCC1=C(NC(C)=O)S[C@@H]2C(Cl)C(=O)N2C1C(=O)O. The zero-order valence-corrected chi connectivity index (χ0v) is 13.9. The highest BCUT2D eigenvalue weighted by Crippen LogP contribution is 2.45. The summed E-state index contributed by atoms with van der Waals surface area (Å²) < 4.78 is 5.00. The standard InChI is InChI=1S/C13H15ClN2O6S/c1-3-7(18)22-4-6-9(13(20)21)16-11(19)8(14)12(16)23-10(6)15-5(2)17/h8-9,12H,3-4H2,1-2H3,(H,15,17)(H,20,21)/t8?,9?,12-/m1/s1. The molecule has 0 saturated carbocycles. The first-order valence-corrected chi connectivity index (χ1v) is 8.11. The molecule has 2 aliphatic rings. The van der Waals surface area contributed by atoms with Crippen LogP contribution >= 0.6 is 23.4 Å². The van der Waals surface area contributed by atoms with E-state index in [1.54, 1.807) is 6.92 Å². The molecule has 1 saturated heterocycles. The Kier molecular flexibility index (Phi) is 5.20. The molecule has 2 aliphatic heterocycles. The molecule has 2 amide bonds. The number of esters is 1. The van der Waals surface area contributed by atoms with E-state index >= 15 is 0 Å². The summed E-state index contributed by atoms with van der Waals surface area (Å²) in [6.07, 6.45) is 0.128. The number of nitrogens with zero attached hydrogens (tertiary/aromatic N) is 1. The number of hydrogen-bond donors (Lipinski definition) is 2. The monoisotopic (exact) mass is 362 g/mol. The van der Waals surface area contributed by atoms with Gasteiger partial charge in [-0.05, 0) is 0 Å². The molecule has 2 heterocycles. The van der Waals surface area contributed by atoms with E-state index in [1.165, 1.54) is 6.92 Å². The lowest BCUT2D eigenvalue weighted by Gasteiger charge is -2.50. The molecule has 0 radical (unpaired) electrons. The predicted octanol–water partition coefficient (Wildman–Crippen LogP) is 0.263. The number of ether oxygens (including phenoxy) is 1. The molecule has 3 atom stereocenters. The Morgan fingerprint density at radius 3 is 2.61 bits per heavy atom. The van der Waals surface area contributed by atoms with Crippen molar-refractivity contribution in [1.29, 1.82) is 0 Å². The summed E-state index contributed by atoms with van der Waals surface area (Å²) in [4.78, 5) is 47.3. The molecule has 1 fully saturated rings.